The second-order valence-electron chi connectivity index (χ2n) is 5.28. The Balaban J connectivity index is 2.91. The summed E-state index contributed by atoms with van der Waals surface area (Å²) in [5.41, 5.74) is 2.84. The van der Waals surface area contributed by atoms with E-state index in [9.17, 15) is 25.5 Å². The molecular formula is C16H24O6. The van der Waals surface area contributed by atoms with Crippen LogP contribution in [-0.2, 0) is 6.42 Å². The Morgan fingerprint density at radius 3 is 2.32 bits per heavy atom. The van der Waals surface area contributed by atoms with Gasteiger partial charge in [0.1, 0.15) is 30.2 Å². The van der Waals surface area contributed by atoms with E-state index in [4.69, 9.17) is 5.11 Å². The van der Waals surface area contributed by atoms with Crippen LogP contribution in [0.3, 0.4) is 0 Å². The molecule has 0 aromatic heterocycles. The van der Waals surface area contributed by atoms with Gasteiger partial charge in [0.15, 0.2) is 0 Å². The largest absolute Gasteiger partial charge is 0.509 e. The first-order valence-corrected chi connectivity index (χ1v) is 7.15. The number of rotatable bonds is 7. The van der Waals surface area contributed by atoms with Crippen molar-refractivity contribution in [3.63, 3.8) is 0 Å². The molecule has 124 valence electrons. The average Bonchev–Trinajstić information content (AvgIpc) is 2.53. The molecule has 1 aromatic rings. The third-order valence-electron chi connectivity index (χ3n) is 3.63. The summed E-state index contributed by atoms with van der Waals surface area (Å²) >= 11 is 0. The second-order valence-corrected chi connectivity index (χ2v) is 5.28. The van der Waals surface area contributed by atoms with Crippen molar-refractivity contribution in [3.05, 3.63) is 40.6 Å². The first kappa shape index (κ1) is 18.6. The fourth-order valence-corrected chi connectivity index (χ4v) is 2.12. The minimum atomic E-state index is -1.82. The fourth-order valence-electron chi connectivity index (χ4n) is 2.12. The molecule has 1 aromatic carbocycles. The third-order valence-corrected chi connectivity index (χ3v) is 3.63. The van der Waals surface area contributed by atoms with Crippen LogP contribution in [0.15, 0.2) is 24.0 Å². The summed E-state index contributed by atoms with van der Waals surface area (Å²) in [6.07, 6.45) is -4.88. The summed E-state index contributed by atoms with van der Waals surface area (Å²) in [6.45, 7) is 3.20. The van der Waals surface area contributed by atoms with E-state index in [2.05, 4.69) is 0 Å². The highest BCUT2D eigenvalue weighted by Crippen LogP contribution is 2.17. The Labute approximate surface area is 129 Å². The van der Waals surface area contributed by atoms with E-state index in [-0.39, 0.29) is 0 Å². The zero-order valence-corrected chi connectivity index (χ0v) is 12.7. The van der Waals surface area contributed by atoms with Crippen molar-refractivity contribution in [1.29, 1.82) is 0 Å². The molecule has 6 N–H and O–H groups in total. The van der Waals surface area contributed by atoms with E-state index in [1.807, 2.05) is 26.0 Å². The number of hydrogen-bond acceptors (Lipinski definition) is 6. The van der Waals surface area contributed by atoms with Crippen LogP contribution >= 0.6 is 0 Å². The van der Waals surface area contributed by atoms with Gasteiger partial charge in [0.05, 0.1) is 6.61 Å². The van der Waals surface area contributed by atoms with Crippen LogP contribution in [0.2, 0.25) is 0 Å². The maximum absolute atomic E-state index is 9.87. The lowest BCUT2D eigenvalue weighted by atomic mass is 9.99. The van der Waals surface area contributed by atoms with Crippen molar-refractivity contribution in [2.24, 2.45) is 0 Å². The molecule has 0 aliphatic heterocycles. The predicted octanol–water partition coefficient (Wildman–Crippen LogP) is -0.108. The number of aryl methyl sites for hydroxylation is 2. The molecule has 0 saturated carbocycles. The van der Waals surface area contributed by atoms with E-state index < -0.39 is 36.8 Å². The molecule has 0 saturated heterocycles. The molecular weight excluding hydrogens is 288 g/mol. The van der Waals surface area contributed by atoms with Gasteiger partial charge in [-0.3, -0.25) is 0 Å². The number of benzene rings is 1. The Bertz CT molecular complexity index is 513. The van der Waals surface area contributed by atoms with Gasteiger partial charge >= 0.3 is 0 Å². The summed E-state index contributed by atoms with van der Waals surface area (Å²) < 4.78 is 0. The van der Waals surface area contributed by atoms with Crippen LogP contribution in [0.25, 0.3) is 6.08 Å². The first-order chi connectivity index (χ1) is 10.3. The lowest BCUT2D eigenvalue weighted by Gasteiger charge is -2.25. The van der Waals surface area contributed by atoms with Crippen molar-refractivity contribution in [3.8, 4) is 0 Å². The van der Waals surface area contributed by atoms with Crippen LogP contribution < -0.4 is 0 Å². The summed E-state index contributed by atoms with van der Waals surface area (Å²) in [7, 11) is 0. The number of hydrogen-bond donors (Lipinski definition) is 6. The molecule has 0 aliphatic carbocycles. The van der Waals surface area contributed by atoms with Crippen LogP contribution in [0, 0.1) is 6.92 Å². The molecule has 0 radical (unpaired) electrons. The maximum atomic E-state index is 9.87. The van der Waals surface area contributed by atoms with Crippen LogP contribution in [0.4, 0.5) is 0 Å². The van der Waals surface area contributed by atoms with E-state index >= 15 is 0 Å². The van der Waals surface area contributed by atoms with Crippen molar-refractivity contribution in [2.45, 2.75) is 44.7 Å². The highest BCUT2D eigenvalue weighted by atomic mass is 16.4. The van der Waals surface area contributed by atoms with Gasteiger partial charge in [-0.15, -0.1) is 0 Å². The smallest absolute Gasteiger partial charge is 0.139 e. The van der Waals surface area contributed by atoms with Crippen molar-refractivity contribution >= 4 is 6.08 Å². The Hall–Kier alpha value is -1.44. The van der Waals surface area contributed by atoms with Crippen molar-refractivity contribution in [1.82, 2.24) is 0 Å². The van der Waals surface area contributed by atoms with Crippen LogP contribution in [0.5, 0.6) is 0 Å². The van der Waals surface area contributed by atoms with E-state index in [1.165, 1.54) is 6.08 Å². The molecule has 22 heavy (non-hydrogen) atoms. The Kier molecular flexibility index (Phi) is 6.99. The van der Waals surface area contributed by atoms with E-state index in [1.54, 1.807) is 6.07 Å². The van der Waals surface area contributed by atoms with E-state index in [0.717, 1.165) is 17.5 Å². The van der Waals surface area contributed by atoms with Gasteiger partial charge in [0.2, 0.25) is 0 Å². The molecule has 1 rings (SSSR count). The second kappa shape index (κ2) is 8.26. The average molecular weight is 312 g/mol. The molecule has 0 unspecified atom stereocenters. The summed E-state index contributed by atoms with van der Waals surface area (Å²) in [5.74, 6) is -0.539. The molecule has 6 nitrogen and oxygen atoms in total. The van der Waals surface area contributed by atoms with Crippen LogP contribution in [-0.4, -0.2) is 61.7 Å². The first-order valence-electron chi connectivity index (χ1n) is 7.15. The summed E-state index contributed by atoms with van der Waals surface area (Å²) in [6, 6.07) is 5.48. The van der Waals surface area contributed by atoms with Gasteiger partial charge in [0, 0.05) is 0 Å². The zero-order chi connectivity index (χ0) is 16.9. The number of aliphatic hydroxyl groups is 6. The Morgan fingerprint density at radius 2 is 1.77 bits per heavy atom. The molecule has 6 heteroatoms. The van der Waals surface area contributed by atoms with Crippen molar-refractivity contribution < 1.29 is 30.6 Å². The van der Waals surface area contributed by atoms with Crippen molar-refractivity contribution in [2.75, 3.05) is 6.61 Å². The van der Waals surface area contributed by atoms with Gasteiger partial charge < -0.3 is 30.6 Å². The zero-order valence-electron chi connectivity index (χ0n) is 12.7. The topological polar surface area (TPSA) is 121 Å². The predicted molar refractivity (Wildman–Crippen MR) is 82.3 cm³/mol. The molecule has 4 atom stereocenters. The van der Waals surface area contributed by atoms with Gasteiger partial charge in [-0.1, -0.05) is 25.1 Å². The SMILES string of the molecule is CCc1cc(C=C(O)[C@H](O)[C@@H](O)[C@H](O)[C@H](O)CO)ccc1C. The van der Waals surface area contributed by atoms with Crippen LogP contribution in [0.1, 0.15) is 23.6 Å². The normalized spacial score (nSPS) is 17.9. The molecule has 0 bridgehead atoms. The summed E-state index contributed by atoms with van der Waals surface area (Å²) in [5, 5.41) is 56.9. The summed E-state index contributed by atoms with van der Waals surface area (Å²) in [4.78, 5) is 0. The lowest BCUT2D eigenvalue weighted by molar-refractivity contribution is -0.112. The highest BCUT2D eigenvalue weighted by molar-refractivity contribution is 5.54. The molecule has 0 spiro atoms. The highest BCUT2D eigenvalue weighted by Gasteiger charge is 2.32. The minimum Gasteiger partial charge on any atom is -0.509 e. The molecule has 0 fully saturated rings. The third kappa shape index (κ3) is 4.53. The van der Waals surface area contributed by atoms with Gasteiger partial charge in [-0.05, 0) is 36.1 Å². The molecule has 0 heterocycles. The Morgan fingerprint density at radius 1 is 1.14 bits per heavy atom. The van der Waals surface area contributed by atoms with Gasteiger partial charge in [-0.25, -0.2) is 0 Å². The fraction of sp³-hybridized carbons (Fsp3) is 0.500. The standard InChI is InChI=1S/C16H24O6/c1-3-11-6-10(5-4-9(11)2)7-12(18)14(20)16(22)15(21)13(19)8-17/h4-7,13-22H,3,8H2,1-2H3/t13-,14+,15-,16-/m1/s1. The maximum Gasteiger partial charge on any atom is 0.139 e. The minimum absolute atomic E-state index is 0.539. The number of aliphatic hydroxyl groups excluding tert-OH is 6. The monoisotopic (exact) mass is 312 g/mol. The molecule has 0 amide bonds. The lowest BCUT2D eigenvalue weighted by Crippen LogP contribution is -2.46. The van der Waals surface area contributed by atoms with E-state index in [0.29, 0.717) is 5.56 Å². The molecule has 0 aliphatic rings. The quantitative estimate of drug-likeness (QED) is 0.391. The van der Waals surface area contributed by atoms with Gasteiger partial charge in [-0.2, -0.15) is 0 Å². The van der Waals surface area contributed by atoms with Gasteiger partial charge in [0.25, 0.3) is 0 Å².